The molecule has 4 nitrogen and oxygen atoms in total. The molecule has 2 amide bonds. The first-order valence-corrected chi connectivity index (χ1v) is 5.76. The number of rotatable bonds is 5. The highest BCUT2D eigenvalue weighted by Gasteiger charge is 2.61. The normalized spacial score (nSPS) is 18.1. The second-order valence-electron chi connectivity index (χ2n) is 3.66. The van der Waals surface area contributed by atoms with Crippen molar-refractivity contribution in [3.63, 3.8) is 0 Å². The number of carbonyl (C=O) groups is 2. The van der Waals surface area contributed by atoms with Crippen molar-refractivity contribution in [1.29, 1.82) is 0 Å². The van der Waals surface area contributed by atoms with Crippen molar-refractivity contribution in [3.05, 3.63) is 0 Å². The van der Waals surface area contributed by atoms with E-state index in [-0.39, 0.29) is 0 Å². The van der Waals surface area contributed by atoms with Gasteiger partial charge in [0.2, 0.25) is 0 Å². The van der Waals surface area contributed by atoms with Gasteiger partial charge in [-0.3, -0.25) is 9.59 Å². The SMILES string of the molecule is O=C(NCCNC(=O)C(F)(Cl)C(F)(F)F)C(F)(Cl)C(F)(F)F. The van der Waals surface area contributed by atoms with E-state index in [4.69, 9.17) is 0 Å². The fourth-order valence-electron chi connectivity index (χ4n) is 0.832. The van der Waals surface area contributed by atoms with Crippen LogP contribution < -0.4 is 10.6 Å². The van der Waals surface area contributed by atoms with Gasteiger partial charge in [0.25, 0.3) is 11.8 Å². The summed E-state index contributed by atoms with van der Waals surface area (Å²) in [6.45, 7) is -1.94. The van der Waals surface area contributed by atoms with Crippen molar-refractivity contribution >= 4 is 35.0 Å². The summed E-state index contributed by atoms with van der Waals surface area (Å²) in [5.41, 5.74) is 0. The van der Waals surface area contributed by atoms with Gasteiger partial charge in [-0.1, -0.05) is 23.2 Å². The number of alkyl halides is 10. The van der Waals surface area contributed by atoms with Crippen LogP contribution in [0.2, 0.25) is 0 Å². The molecule has 0 aliphatic heterocycles. The van der Waals surface area contributed by atoms with E-state index in [9.17, 15) is 44.7 Å². The third-order valence-corrected chi connectivity index (χ3v) is 2.75. The Hall–Kier alpha value is -1.04. The maximum absolute atomic E-state index is 12.8. The predicted octanol–water partition coefficient (Wildman–Crippen LogP) is 2.15. The van der Waals surface area contributed by atoms with Crippen LogP contribution in [0, 0.1) is 0 Å². The third-order valence-electron chi connectivity index (χ3n) is 1.98. The van der Waals surface area contributed by atoms with E-state index in [1.165, 1.54) is 10.6 Å². The molecule has 130 valence electrons. The lowest BCUT2D eigenvalue weighted by Gasteiger charge is -2.21. The Balaban J connectivity index is 4.42. The molecular weight excluding hydrogens is 379 g/mol. The molecule has 0 aromatic heterocycles. The average Bonchev–Trinajstić information content (AvgIpc) is 2.30. The monoisotopic (exact) mass is 384 g/mol. The minimum Gasteiger partial charge on any atom is -0.350 e. The van der Waals surface area contributed by atoms with Crippen molar-refractivity contribution in [2.24, 2.45) is 0 Å². The topological polar surface area (TPSA) is 58.2 Å². The zero-order chi connectivity index (χ0) is 18.0. The van der Waals surface area contributed by atoms with Gasteiger partial charge in [-0.15, -0.1) is 0 Å². The summed E-state index contributed by atoms with van der Waals surface area (Å²) < 4.78 is 97.5. The fraction of sp³-hybridized carbons (Fsp3) is 0.750. The Morgan fingerprint density at radius 3 is 1.09 bits per heavy atom. The zero-order valence-electron chi connectivity index (χ0n) is 10.0. The average molecular weight is 385 g/mol. The summed E-state index contributed by atoms with van der Waals surface area (Å²) >= 11 is 8.63. The van der Waals surface area contributed by atoms with E-state index >= 15 is 0 Å². The molecule has 0 bridgehead atoms. The Morgan fingerprint density at radius 2 is 0.909 bits per heavy atom. The number of carbonyl (C=O) groups excluding carboxylic acids is 2. The molecule has 0 fully saturated rings. The summed E-state index contributed by atoms with van der Waals surface area (Å²) in [5.74, 6) is -4.71. The molecule has 0 rings (SSSR count). The van der Waals surface area contributed by atoms with Crippen LogP contribution in [0.4, 0.5) is 35.1 Å². The first-order valence-electron chi connectivity index (χ1n) is 5.01. The lowest BCUT2D eigenvalue weighted by atomic mass is 10.3. The van der Waals surface area contributed by atoms with Gasteiger partial charge in [0.15, 0.2) is 0 Å². The lowest BCUT2D eigenvalue weighted by molar-refractivity contribution is -0.202. The van der Waals surface area contributed by atoms with Gasteiger partial charge in [-0.2, -0.15) is 26.3 Å². The zero-order valence-corrected chi connectivity index (χ0v) is 11.5. The summed E-state index contributed by atoms with van der Waals surface area (Å²) in [6, 6.07) is 0. The number of nitrogens with one attached hydrogen (secondary N) is 2. The Bertz CT molecular complexity index is 395. The van der Waals surface area contributed by atoms with E-state index in [0.29, 0.717) is 0 Å². The second kappa shape index (κ2) is 6.60. The minimum absolute atomic E-state index is 0.968. The molecule has 0 heterocycles. The largest absolute Gasteiger partial charge is 0.446 e. The van der Waals surface area contributed by atoms with Crippen LogP contribution in [-0.2, 0) is 9.59 Å². The van der Waals surface area contributed by atoms with E-state index in [1.54, 1.807) is 0 Å². The van der Waals surface area contributed by atoms with E-state index in [0.717, 1.165) is 0 Å². The maximum atomic E-state index is 12.8. The third kappa shape index (κ3) is 4.73. The molecule has 0 saturated carbocycles. The van der Waals surface area contributed by atoms with Crippen molar-refractivity contribution in [3.8, 4) is 0 Å². The predicted molar refractivity (Wildman–Crippen MR) is 57.5 cm³/mol. The van der Waals surface area contributed by atoms with Crippen LogP contribution in [0.15, 0.2) is 0 Å². The molecule has 2 unspecified atom stereocenters. The fourth-order valence-corrected chi connectivity index (χ4v) is 0.965. The van der Waals surface area contributed by atoms with Crippen molar-refractivity contribution in [1.82, 2.24) is 10.6 Å². The van der Waals surface area contributed by atoms with Gasteiger partial charge in [-0.05, 0) is 0 Å². The maximum Gasteiger partial charge on any atom is 0.446 e. The summed E-state index contributed by atoms with van der Waals surface area (Å²) in [4.78, 5) is 21.6. The van der Waals surface area contributed by atoms with Gasteiger partial charge in [0.1, 0.15) is 0 Å². The quantitative estimate of drug-likeness (QED) is 0.433. The van der Waals surface area contributed by atoms with E-state index < -0.39 is 47.5 Å². The summed E-state index contributed by atoms with van der Waals surface area (Å²) in [7, 11) is 0. The molecule has 0 radical (unpaired) electrons. The second-order valence-corrected chi connectivity index (χ2v) is 4.70. The van der Waals surface area contributed by atoms with Gasteiger partial charge in [-0.25, -0.2) is 8.78 Å². The van der Waals surface area contributed by atoms with Gasteiger partial charge < -0.3 is 10.6 Å². The van der Waals surface area contributed by atoms with Crippen molar-refractivity contribution < 1.29 is 44.7 Å². The molecule has 2 atom stereocenters. The van der Waals surface area contributed by atoms with Crippen LogP contribution in [0.25, 0.3) is 0 Å². The molecule has 2 N–H and O–H groups in total. The molecule has 22 heavy (non-hydrogen) atoms. The highest BCUT2D eigenvalue weighted by Crippen LogP contribution is 2.38. The number of halogens is 10. The molecule has 14 heteroatoms. The Labute approximate surface area is 127 Å². The Morgan fingerprint density at radius 1 is 0.682 bits per heavy atom. The Kier molecular flexibility index (Phi) is 6.29. The number of amides is 2. The molecule has 0 aliphatic rings. The molecule has 0 spiro atoms. The summed E-state index contributed by atoms with van der Waals surface area (Å²) in [5, 5.41) is -7.03. The van der Waals surface area contributed by atoms with Crippen LogP contribution >= 0.6 is 23.2 Å². The summed E-state index contributed by atoms with van der Waals surface area (Å²) in [6.07, 6.45) is -11.5. The van der Waals surface area contributed by atoms with Gasteiger partial charge >= 0.3 is 22.6 Å². The smallest absolute Gasteiger partial charge is 0.350 e. The number of hydrogen-bond donors (Lipinski definition) is 2. The van der Waals surface area contributed by atoms with E-state index in [2.05, 4.69) is 23.2 Å². The number of hydrogen-bond acceptors (Lipinski definition) is 2. The lowest BCUT2D eigenvalue weighted by Crippen LogP contribution is -2.53. The minimum atomic E-state index is -5.75. The van der Waals surface area contributed by atoms with Crippen LogP contribution in [0.5, 0.6) is 0 Å². The van der Waals surface area contributed by atoms with Crippen molar-refractivity contribution in [2.45, 2.75) is 22.6 Å². The van der Waals surface area contributed by atoms with Gasteiger partial charge in [0.05, 0.1) is 0 Å². The molecule has 0 aromatic rings. The molecule has 0 saturated heterocycles. The first-order chi connectivity index (χ1) is 9.55. The molecule has 0 aromatic carbocycles. The molecular formula is C8H6Cl2F8N2O2. The van der Waals surface area contributed by atoms with Gasteiger partial charge in [0, 0.05) is 13.1 Å². The molecule has 0 aliphatic carbocycles. The van der Waals surface area contributed by atoms with Crippen LogP contribution in [-0.4, -0.2) is 47.5 Å². The van der Waals surface area contributed by atoms with E-state index in [1.807, 2.05) is 0 Å². The van der Waals surface area contributed by atoms with Crippen molar-refractivity contribution in [2.75, 3.05) is 13.1 Å². The standard InChI is InChI=1S/C8H6Cl2F8N2O2/c9-5(11,7(13,14)15)3(21)19-1-2-20-4(22)6(10,12)8(16,17)18/h1-2H2,(H,19,21)(H,20,22). The van der Waals surface area contributed by atoms with Crippen LogP contribution in [0.3, 0.4) is 0 Å². The highest BCUT2D eigenvalue weighted by atomic mass is 35.5. The highest BCUT2D eigenvalue weighted by molar-refractivity contribution is 6.34. The first kappa shape index (κ1) is 21.0. The van der Waals surface area contributed by atoms with Crippen LogP contribution in [0.1, 0.15) is 0 Å².